The van der Waals surface area contributed by atoms with Gasteiger partial charge in [-0.05, 0) is 72.8 Å². The molecule has 0 spiro atoms. The Kier molecular flexibility index (Phi) is 4.64. The predicted molar refractivity (Wildman–Crippen MR) is 119 cm³/mol. The molecule has 0 aliphatic carbocycles. The van der Waals surface area contributed by atoms with Gasteiger partial charge in [0.15, 0.2) is 5.78 Å². The fourth-order valence-corrected chi connectivity index (χ4v) is 3.64. The number of hydrogen-bond donors (Lipinski definition) is 1. The molecular weight excluding hydrogens is 394 g/mol. The summed E-state index contributed by atoms with van der Waals surface area (Å²) in [5.74, 6) is -0.960. The number of nitrogens with one attached hydrogen (secondary N) is 1. The molecule has 150 valence electrons. The van der Waals surface area contributed by atoms with Crippen LogP contribution in [0.3, 0.4) is 0 Å². The van der Waals surface area contributed by atoms with Crippen molar-refractivity contribution in [3.8, 4) is 11.3 Å². The van der Waals surface area contributed by atoms with Crippen molar-refractivity contribution in [2.24, 2.45) is 0 Å². The molecule has 1 N–H and O–H groups in total. The topological polar surface area (TPSA) is 45.8 Å². The molecule has 0 radical (unpaired) electrons. The number of halogens is 2. The van der Waals surface area contributed by atoms with Crippen molar-refractivity contribution < 1.29 is 13.6 Å². The molecule has 0 amide bonds. The number of carbonyl (C=O) groups excluding carboxylic acids is 1. The van der Waals surface area contributed by atoms with Crippen LogP contribution in [-0.4, -0.2) is 15.8 Å². The van der Waals surface area contributed by atoms with Crippen LogP contribution >= 0.6 is 0 Å². The molecule has 31 heavy (non-hydrogen) atoms. The largest absolute Gasteiger partial charge is 0.353 e. The van der Waals surface area contributed by atoms with Crippen LogP contribution in [0.25, 0.3) is 39.1 Å². The number of aromatic amines is 1. The molecule has 2 aromatic heterocycles. The zero-order valence-electron chi connectivity index (χ0n) is 16.3. The maximum Gasteiger partial charge on any atom is 0.185 e. The van der Waals surface area contributed by atoms with E-state index in [9.17, 15) is 13.6 Å². The molecule has 0 fully saturated rings. The monoisotopic (exact) mass is 410 g/mol. The van der Waals surface area contributed by atoms with Crippen LogP contribution in [0.1, 0.15) is 16.1 Å². The number of aromatic nitrogens is 2. The van der Waals surface area contributed by atoms with E-state index < -0.39 is 5.82 Å². The second kappa shape index (κ2) is 7.61. The third-order valence-corrected chi connectivity index (χ3v) is 5.17. The van der Waals surface area contributed by atoms with Gasteiger partial charge >= 0.3 is 0 Å². The van der Waals surface area contributed by atoms with Gasteiger partial charge in [0.25, 0.3) is 0 Å². The van der Waals surface area contributed by atoms with Crippen molar-refractivity contribution in [3.05, 3.63) is 108 Å². The number of nitrogens with zero attached hydrogens (tertiary/aromatic N) is 1. The molecule has 0 aliphatic rings. The number of rotatable bonds is 4. The van der Waals surface area contributed by atoms with Crippen LogP contribution in [-0.2, 0) is 0 Å². The summed E-state index contributed by atoms with van der Waals surface area (Å²) in [7, 11) is 0. The average molecular weight is 410 g/mol. The minimum Gasteiger partial charge on any atom is -0.353 e. The summed E-state index contributed by atoms with van der Waals surface area (Å²) in [6, 6.07) is 21.4. The SMILES string of the molecule is O=C(/C=C/c1cc2c([nH]c3ccccc32)c(-c2ccc(F)cc2)n1)c1ccc(F)cc1. The Labute approximate surface area is 176 Å². The lowest BCUT2D eigenvalue weighted by atomic mass is 10.1. The first-order valence-electron chi connectivity index (χ1n) is 9.74. The quantitative estimate of drug-likeness (QED) is 0.269. The summed E-state index contributed by atoms with van der Waals surface area (Å²) in [6.45, 7) is 0. The number of fused-ring (bicyclic) bond motifs is 3. The van der Waals surface area contributed by atoms with Gasteiger partial charge in [-0.2, -0.15) is 0 Å². The molecule has 5 aromatic rings. The fraction of sp³-hybridized carbons (Fsp3) is 0. The van der Waals surface area contributed by atoms with E-state index in [2.05, 4.69) is 4.98 Å². The van der Waals surface area contributed by atoms with Crippen molar-refractivity contribution in [2.45, 2.75) is 0 Å². The van der Waals surface area contributed by atoms with Gasteiger partial charge in [0.2, 0.25) is 0 Å². The van der Waals surface area contributed by atoms with E-state index in [0.717, 1.165) is 27.4 Å². The third-order valence-electron chi connectivity index (χ3n) is 5.17. The van der Waals surface area contributed by atoms with Crippen LogP contribution in [0.2, 0.25) is 0 Å². The molecule has 5 heteroatoms. The Bertz CT molecular complexity index is 1450. The zero-order valence-corrected chi connectivity index (χ0v) is 16.3. The number of H-pyrrole nitrogens is 1. The molecule has 3 nitrogen and oxygen atoms in total. The first-order valence-corrected chi connectivity index (χ1v) is 9.74. The highest BCUT2D eigenvalue weighted by molar-refractivity contribution is 6.12. The Balaban J connectivity index is 1.64. The Morgan fingerprint density at radius 3 is 2.26 bits per heavy atom. The van der Waals surface area contributed by atoms with Crippen molar-refractivity contribution in [1.82, 2.24) is 9.97 Å². The number of allylic oxidation sites excluding steroid dienone is 1. The summed E-state index contributed by atoms with van der Waals surface area (Å²) < 4.78 is 26.6. The van der Waals surface area contributed by atoms with Gasteiger partial charge in [-0.1, -0.05) is 18.2 Å². The highest BCUT2D eigenvalue weighted by Gasteiger charge is 2.13. The molecule has 5 rings (SSSR count). The summed E-state index contributed by atoms with van der Waals surface area (Å²) in [5.41, 5.74) is 4.22. The summed E-state index contributed by atoms with van der Waals surface area (Å²) in [6.07, 6.45) is 3.06. The van der Waals surface area contributed by atoms with E-state index in [1.807, 2.05) is 30.3 Å². The minimum atomic E-state index is -0.393. The molecule has 2 heterocycles. The number of pyridine rings is 1. The molecule has 0 unspecified atom stereocenters. The second-order valence-electron chi connectivity index (χ2n) is 7.20. The van der Waals surface area contributed by atoms with Gasteiger partial charge in [-0.3, -0.25) is 4.79 Å². The Morgan fingerprint density at radius 1 is 0.839 bits per heavy atom. The first-order chi connectivity index (χ1) is 15.1. The normalized spacial score (nSPS) is 11.5. The first kappa shape index (κ1) is 18.9. The number of ketones is 1. The lowest BCUT2D eigenvalue weighted by molar-refractivity contribution is 0.104. The minimum absolute atomic E-state index is 0.246. The van der Waals surface area contributed by atoms with Gasteiger partial charge in [-0.25, -0.2) is 13.8 Å². The van der Waals surface area contributed by atoms with Gasteiger partial charge in [0, 0.05) is 27.4 Å². The van der Waals surface area contributed by atoms with Crippen LogP contribution in [0, 0.1) is 11.6 Å². The highest BCUT2D eigenvalue weighted by atomic mass is 19.1. The summed E-state index contributed by atoms with van der Waals surface area (Å²) >= 11 is 0. The highest BCUT2D eigenvalue weighted by Crippen LogP contribution is 2.33. The van der Waals surface area contributed by atoms with E-state index in [0.29, 0.717) is 17.0 Å². The predicted octanol–water partition coefficient (Wildman–Crippen LogP) is 6.56. The maximum atomic E-state index is 13.5. The van der Waals surface area contributed by atoms with E-state index >= 15 is 0 Å². The number of carbonyl (C=O) groups is 1. The lowest BCUT2D eigenvalue weighted by Crippen LogP contribution is -1.95. The average Bonchev–Trinajstić information content (AvgIpc) is 3.17. The maximum absolute atomic E-state index is 13.5. The second-order valence-corrected chi connectivity index (χ2v) is 7.20. The Hall–Kier alpha value is -4.12. The van der Waals surface area contributed by atoms with E-state index in [-0.39, 0.29) is 11.6 Å². The molecule has 0 atom stereocenters. The van der Waals surface area contributed by atoms with Crippen LogP contribution in [0.5, 0.6) is 0 Å². The van der Waals surface area contributed by atoms with Gasteiger partial charge in [0.05, 0.1) is 16.9 Å². The van der Waals surface area contributed by atoms with E-state index in [1.165, 1.54) is 42.5 Å². The van der Waals surface area contributed by atoms with Crippen molar-refractivity contribution in [3.63, 3.8) is 0 Å². The van der Waals surface area contributed by atoms with Gasteiger partial charge in [-0.15, -0.1) is 0 Å². The molecule has 0 aliphatic heterocycles. The molecule has 3 aromatic carbocycles. The van der Waals surface area contributed by atoms with Crippen LogP contribution in [0.15, 0.2) is 84.9 Å². The smallest absolute Gasteiger partial charge is 0.185 e. The van der Waals surface area contributed by atoms with Gasteiger partial charge in [0.1, 0.15) is 11.6 Å². The van der Waals surface area contributed by atoms with Crippen molar-refractivity contribution >= 4 is 33.7 Å². The molecule has 0 saturated carbocycles. The fourth-order valence-electron chi connectivity index (χ4n) is 3.64. The molecule has 0 saturated heterocycles. The molecule has 0 bridgehead atoms. The van der Waals surface area contributed by atoms with E-state index in [4.69, 9.17) is 4.98 Å². The van der Waals surface area contributed by atoms with Crippen molar-refractivity contribution in [2.75, 3.05) is 0 Å². The van der Waals surface area contributed by atoms with E-state index in [1.54, 1.807) is 18.2 Å². The number of benzene rings is 3. The van der Waals surface area contributed by atoms with Crippen LogP contribution < -0.4 is 0 Å². The summed E-state index contributed by atoms with van der Waals surface area (Å²) in [4.78, 5) is 20.6. The lowest BCUT2D eigenvalue weighted by Gasteiger charge is -2.05. The summed E-state index contributed by atoms with van der Waals surface area (Å²) in [5, 5.41) is 1.99. The number of hydrogen-bond acceptors (Lipinski definition) is 2. The third kappa shape index (κ3) is 3.62. The molecular formula is C26H16F2N2O. The zero-order chi connectivity index (χ0) is 21.4. The Morgan fingerprint density at radius 2 is 1.52 bits per heavy atom. The van der Waals surface area contributed by atoms with Crippen LogP contribution in [0.4, 0.5) is 8.78 Å². The van der Waals surface area contributed by atoms with Gasteiger partial charge < -0.3 is 4.98 Å². The standard InChI is InChI=1S/C26H16F2N2O/c27-18-9-5-16(6-10-18)24(31)14-13-20-15-22-21-3-1-2-4-23(21)30-26(22)25(29-20)17-7-11-19(28)12-8-17/h1-15,30H/b14-13+. The number of para-hydroxylation sites is 1. The van der Waals surface area contributed by atoms with Crippen molar-refractivity contribution in [1.29, 1.82) is 0 Å².